The molecule has 0 radical (unpaired) electrons. The van der Waals surface area contributed by atoms with Crippen LogP contribution in [0.15, 0.2) is 64.0 Å². The molecule has 35 heavy (non-hydrogen) atoms. The highest BCUT2D eigenvalue weighted by Gasteiger charge is 2.20. The highest BCUT2D eigenvalue weighted by molar-refractivity contribution is 9.10. The zero-order valence-electron chi connectivity index (χ0n) is 19.7. The molecule has 9 heteroatoms. The lowest BCUT2D eigenvalue weighted by molar-refractivity contribution is 0.0740. The predicted molar refractivity (Wildman–Crippen MR) is 134 cm³/mol. The van der Waals surface area contributed by atoms with E-state index in [1.807, 2.05) is 13.0 Å². The van der Waals surface area contributed by atoms with Gasteiger partial charge in [-0.05, 0) is 79.5 Å². The summed E-state index contributed by atoms with van der Waals surface area (Å²) in [6.07, 6.45) is 1.68. The zero-order chi connectivity index (χ0) is 25.3. The molecule has 0 bridgehead atoms. The van der Waals surface area contributed by atoms with Crippen LogP contribution in [-0.4, -0.2) is 24.6 Å². The van der Waals surface area contributed by atoms with Crippen molar-refractivity contribution in [3.8, 4) is 22.8 Å². The molecule has 0 aliphatic carbocycles. The van der Waals surface area contributed by atoms with Gasteiger partial charge in [-0.3, -0.25) is 14.3 Å². The summed E-state index contributed by atoms with van der Waals surface area (Å²) < 4.78 is 20.9. The summed E-state index contributed by atoms with van der Waals surface area (Å²) in [5.74, 6) is -0.260. The van der Waals surface area contributed by atoms with Crippen molar-refractivity contribution in [2.45, 2.75) is 39.9 Å². The van der Waals surface area contributed by atoms with Crippen LogP contribution in [0.4, 0.5) is 4.39 Å². The number of hydrogen-bond acceptors (Lipinski definition) is 6. The lowest BCUT2D eigenvalue weighted by Crippen LogP contribution is -2.23. The molecule has 0 atom stereocenters. The zero-order valence-corrected chi connectivity index (χ0v) is 21.3. The molecular formula is C26H24BrFN4O3. The van der Waals surface area contributed by atoms with E-state index in [0.717, 1.165) is 5.56 Å². The fraction of sp³-hybridized carbons (Fsp3) is 0.231. The molecule has 7 nitrogen and oxygen atoms in total. The predicted octanol–water partition coefficient (Wildman–Crippen LogP) is 5.01. The fourth-order valence-corrected chi connectivity index (χ4v) is 3.99. The SMILES string of the molecule is Cc1cnc(-c2cccc(C(C)(C)O)n2)cc1-n1c(C)cc(OCc2cccc(F)n2)c(Br)c1=O. The molecule has 0 spiro atoms. The van der Waals surface area contributed by atoms with Crippen molar-refractivity contribution < 1.29 is 14.2 Å². The van der Waals surface area contributed by atoms with Crippen LogP contribution in [0.25, 0.3) is 17.1 Å². The van der Waals surface area contributed by atoms with Gasteiger partial charge < -0.3 is 9.84 Å². The van der Waals surface area contributed by atoms with E-state index in [1.165, 1.54) is 6.07 Å². The van der Waals surface area contributed by atoms with Gasteiger partial charge in [0.1, 0.15) is 22.4 Å². The maximum atomic E-state index is 13.4. The fourth-order valence-electron chi connectivity index (χ4n) is 3.58. The van der Waals surface area contributed by atoms with Gasteiger partial charge in [-0.2, -0.15) is 4.39 Å². The average molecular weight is 539 g/mol. The highest BCUT2D eigenvalue weighted by Crippen LogP contribution is 2.28. The summed E-state index contributed by atoms with van der Waals surface area (Å²) in [6.45, 7) is 7.02. The first-order chi connectivity index (χ1) is 16.5. The number of aliphatic hydroxyl groups is 1. The van der Waals surface area contributed by atoms with Crippen molar-refractivity contribution in [1.29, 1.82) is 0 Å². The molecule has 0 aliphatic heterocycles. The van der Waals surface area contributed by atoms with Crippen LogP contribution in [0.5, 0.6) is 5.75 Å². The van der Waals surface area contributed by atoms with E-state index in [0.29, 0.717) is 39.9 Å². The first kappa shape index (κ1) is 24.7. The van der Waals surface area contributed by atoms with Gasteiger partial charge in [-0.15, -0.1) is 0 Å². The molecule has 1 N–H and O–H groups in total. The first-order valence-corrected chi connectivity index (χ1v) is 11.7. The number of hydrogen-bond donors (Lipinski definition) is 1. The Morgan fingerprint density at radius 2 is 1.83 bits per heavy atom. The van der Waals surface area contributed by atoms with E-state index in [4.69, 9.17) is 4.74 Å². The van der Waals surface area contributed by atoms with Crippen molar-refractivity contribution in [3.05, 3.63) is 98.1 Å². The van der Waals surface area contributed by atoms with E-state index in [2.05, 4.69) is 30.9 Å². The molecule has 0 unspecified atom stereocenters. The maximum absolute atomic E-state index is 13.4. The van der Waals surface area contributed by atoms with Gasteiger partial charge in [0.2, 0.25) is 5.95 Å². The summed E-state index contributed by atoms with van der Waals surface area (Å²) in [4.78, 5) is 26.2. The molecule has 0 aliphatic rings. The minimum absolute atomic E-state index is 0.0148. The maximum Gasteiger partial charge on any atom is 0.273 e. The molecule has 0 aromatic carbocycles. The lowest BCUT2D eigenvalue weighted by atomic mass is 10.0. The van der Waals surface area contributed by atoms with Crippen molar-refractivity contribution >= 4 is 15.9 Å². The monoisotopic (exact) mass is 538 g/mol. The van der Waals surface area contributed by atoms with Gasteiger partial charge in [0.15, 0.2) is 0 Å². The number of halogens is 2. The molecule has 4 heterocycles. The Hall–Kier alpha value is -3.43. The third-order valence-electron chi connectivity index (χ3n) is 5.40. The summed E-state index contributed by atoms with van der Waals surface area (Å²) in [5.41, 5.74) is 2.74. The van der Waals surface area contributed by atoms with Crippen molar-refractivity contribution in [2.24, 2.45) is 0 Å². The second-order valence-electron chi connectivity index (χ2n) is 8.67. The number of aromatic nitrogens is 4. The van der Waals surface area contributed by atoms with E-state index < -0.39 is 11.5 Å². The van der Waals surface area contributed by atoms with Gasteiger partial charge in [0, 0.05) is 18.0 Å². The molecule has 4 aromatic heterocycles. The van der Waals surface area contributed by atoms with Gasteiger partial charge in [0.25, 0.3) is 5.56 Å². The lowest BCUT2D eigenvalue weighted by Gasteiger charge is -2.18. The molecule has 4 aromatic rings. The highest BCUT2D eigenvalue weighted by atomic mass is 79.9. The third kappa shape index (κ3) is 5.31. The van der Waals surface area contributed by atoms with Crippen LogP contribution in [0.3, 0.4) is 0 Å². The smallest absolute Gasteiger partial charge is 0.273 e. The topological polar surface area (TPSA) is 90.1 Å². The van der Waals surface area contributed by atoms with Crippen molar-refractivity contribution in [1.82, 2.24) is 19.5 Å². The minimum Gasteiger partial charge on any atom is -0.486 e. The Labute approximate surface area is 210 Å². The summed E-state index contributed by atoms with van der Waals surface area (Å²) in [5, 5.41) is 10.3. The number of aryl methyl sites for hydroxylation is 2. The van der Waals surface area contributed by atoms with Crippen LogP contribution in [0.2, 0.25) is 0 Å². The third-order valence-corrected chi connectivity index (χ3v) is 6.13. The summed E-state index contributed by atoms with van der Waals surface area (Å²) in [6, 6.07) is 13.4. The Balaban J connectivity index is 1.72. The second kappa shape index (κ2) is 9.67. The summed E-state index contributed by atoms with van der Waals surface area (Å²) in [7, 11) is 0. The van der Waals surface area contributed by atoms with Crippen molar-refractivity contribution in [3.63, 3.8) is 0 Å². The normalized spacial score (nSPS) is 11.5. The first-order valence-electron chi connectivity index (χ1n) is 10.9. The van der Waals surface area contributed by atoms with Crippen molar-refractivity contribution in [2.75, 3.05) is 0 Å². The Kier molecular flexibility index (Phi) is 6.82. The minimum atomic E-state index is -1.10. The molecule has 180 valence electrons. The summed E-state index contributed by atoms with van der Waals surface area (Å²) >= 11 is 3.36. The second-order valence-corrected chi connectivity index (χ2v) is 9.46. The molecule has 4 rings (SSSR count). The largest absolute Gasteiger partial charge is 0.486 e. The average Bonchev–Trinajstić information content (AvgIpc) is 2.81. The van der Waals surface area contributed by atoms with E-state index in [9.17, 15) is 14.3 Å². The van der Waals surface area contributed by atoms with Gasteiger partial charge >= 0.3 is 0 Å². The van der Waals surface area contributed by atoms with E-state index in [1.54, 1.807) is 67.9 Å². The van der Waals surface area contributed by atoms with Crippen LogP contribution in [0.1, 0.15) is 36.5 Å². The van der Waals surface area contributed by atoms with Crippen LogP contribution < -0.4 is 10.3 Å². The van der Waals surface area contributed by atoms with Gasteiger partial charge in [-0.25, -0.2) is 9.97 Å². The van der Waals surface area contributed by atoms with Crippen LogP contribution in [-0.2, 0) is 12.2 Å². The van der Waals surface area contributed by atoms with E-state index in [-0.39, 0.29) is 16.6 Å². The molecule has 0 amide bonds. The number of rotatable bonds is 6. The Morgan fingerprint density at radius 3 is 2.54 bits per heavy atom. The van der Waals surface area contributed by atoms with Crippen LogP contribution >= 0.6 is 15.9 Å². The number of nitrogens with zero attached hydrogens (tertiary/aromatic N) is 4. The quantitative estimate of drug-likeness (QED) is 0.347. The molecule has 0 fully saturated rings. The number of ether oxygens (including phenoxy) is 1. The standard InChI is InChI=1S/C26H24BrFN4O3/c1-15-13-29-19(18-8-6-9-22(31-18)26(3,4)34)12-20(15)32-16(2)11-21(24(27)25(32)33)35-14-17-7-5-10-23(28)30-17/h5-13,34H,14H2,1-4H3. The molecule has 0 saturated carbocycles. The Morgan fingerprint density at radius 1 is 1.09 bits per heavy atom. The number of pyridine rings is 4. The molecular weight excluding hydrogens is 515 g/mol. The van der Waals surface area contributed by atoms with E-state index >= 15 is 0 Å². The molecule has 0 saturated heterocycles. The van der Waals surface area contributed by atoms with Gasteiger partial charge in [0.05, 0.1) is 28.5 Å². The van der Waals surface area contributed by atoms with Crippen LogP contribution in [0, 0.1) is 19.8 Å². The Bertz CT molecular complexity index is 1460. The van der Waals surface area contributed by atoms with Gasteiger partial charge in [-0.1, -0.05) is 12.1 Å².